The van der Waals surface area contributed by atoms with Gasteiger partial charge >= 0.3 is 0 Å². The third-order valence-corrected chi connectivity index (χ3v) is 3.75. The van der Waals surface area contributed by atoms with Gasteiger partial charge in [0.15, 0.2) is 5.11 Å². The van der Waals surface area contributed by atoms with Crippen molar-refractivity contribution in [2.24, 2.45) is 5.10 Å². The molecule has 0 heterocycles. The van der Waals surface area contributed by atoms with Crippen molar-refractivity contribution >= 4 is 46.9 Å². The van der Waals surface area contributed by atoms with Crippen molar-refractivity contribution in [3.63, 3.8) is 0 Å². The summed E-state index contributed by atoms with van der Waals surface area (Å²) in [5.41, 5.74) is 6.76. The average molecular weight is 344 g/mol. The summed E-state index contributed by atoms with van der Waals surface area (Å²) in [5.74, 6) is 0. The number of rotatable bonds is 4. The van der Waals surface area contributed by atoms with Gasteiger partial charge in [-0.25, -0.2) is 0 Å². The van der Waals surface area contributed by atoms with E-state index in [1.807, 2.05) is 68.5 Å². The van der Waals surface area contributed by atoms with Crippen LogP contribution >= 0.6 is 23.8 Å². The van der Waals surface area contributed by atoms with Crippen LogP contribution in [-0.4, -0.2) is 11.3 Å². The zero-order valence-electron chi connectivity index (χ0n) is 13.0. The van der Waals surface area contributed by atoms with Gasteiger partial charge in [0.05, 0.1) is 6.21 Å². The number of hydrazone groups is 1. The number of hydrogen-bond donors (Lipinski definition) is 2. The van der Waals surface area contributed by atoms with Crippen LogP contribution in [0.2, 0.25) is 5.02 Å². The van der Waals surface area contributed by atoms with Crippen molar-refractivity contribution in [2.45, 2.75) is 13.8 Å². The molecule has 0 saturated carbocycles. The zero-order chi connectivity index (χ0) is 16.7. The number of hydrogen-bond acceptors (Lipinski definition) is 2. The number of benzene rings is 2. The molecule has 118 valence electrons. The molecule has 3 nitrogen and oxygen atoms in total. The van der Waals surface area contributed by atoms with E-state index in [2.05, 4.69) is 15.8 Å². The number of halogens is 1. The molecular formula is C18H18ClN3S. The third-order valence-electron chi connectivity index (χ3n) is 3.14. The molecule has 0 aromatic heterocycles. The molecule has 5 heteroatoms. The predicted molar refractivity (Wildman–Crippen MR) is 104 cm³/mol. The quantitative estimate of drug-likeness (QED) is 0.464. The van der Waals surface area contributed by atoms with Crippen molar-refractivity contribution in [1.29, 1.82) is 0 Å². The van der Waals surface area contributed by atoms with Gasteiger partial charge in [0.2, 0.25) is 0 Å². The van der Waals surface area contributed by atoms with E-state index in [0.29, 0.717) is 10.1 Å². The second-order valence-electron chi connectivity index (χ2n) is 5.04. The molecule has 2 aromatic carbocycles. The summed E-state index contributed by atoms with van der Waals surface area (Å²) in [6.07, 6.45) is 3.77. The molecule has 0 aliphatic carbocycles. The Labute approximate surface area is 147 Å². The highest BCUT2D eigenvalue weighted by molar-refractivity contribution is 7.80. The lowest BCUT2D eigenvalue weighted by atomic mass is 10.1. The Hall–Kier alpha value is -2.17. The van der Waals surface area contributed by atoms with E-state index in [1.54, 1.807) is 6.21 Å². The lowest BCUT2D eigenvalue weighted by molar-refractivity contribution is 1.05. The van der Waals surface area contributed by atoms with Crippen LogP contribution in [0.25, 0.3) is 6.08 Å². The monoisotopic (exact) mass is 343 g/mol. The van der Waals surface area contributed by atoms with Crippen molar-refractivity contribution in [3.8, 4) is 0 Å². The van der Waals surface area contributed by atoms with Crippen LogP contribution in [-0.2, 0) is 0 Å². The lowest BCUT2D eigenvalue weighted by Gasteiger charge is -2.10. The van der Waals surface area contributed by atoms with Gasteiger partial charge in [-0.2, -0.15) is 5.10 Å². The maximum atomic E-state index is 6.08. The second-order valence-corrected chi connectivity index (χ2v) is 5.85. The summed E-state index contributed by atoms with van der Waals surface area (Å²) in [6, 6.07) is 15.7. The highest BCUT2D eigenvalue weighted by Crippen LogP contribution is 2.22. The minimum absolute atomic E-state index is 0.416. The van der Waals surface area contributed by atoms with Crippen molar-refractivity contribution in [2.75, 3.05) is 5.32 Å². The minimum Gasteiger partial charge on any atom is -0.331 e. The summed E-state index contributed by atoms with van der Waals surface area (Å²) in [6.45, 7) is 3.92. The molecule has 0 aliphatic heterocycles. The summed E-state index contributed by atoms with van der Waals surface area (Å²) < 4.78 is 0. The van der Waals surface area contributed by atoms with Gasteiger partial charge in [-0.05, 0) is 54.9 Å². The maximum Gasteiger partial charge on any atom is 0.191 e. The van der Waals surface area contributed by atoms with Crippen molar-refractivity contribution in [1.82, 2.24) is 5.43 Å². The minimum atomic E-state index is 0.416. The molecule has 0 unspecified atom stereocenters. The molecule has 2 aromatic rings. The first-order valence-corrected chi connectivity index (χ1v) is 7.93. The maximum absolute atomic E-state index is 6.08. The Kier molecular flexibility index (Phi) is 6.32. The summed E-state index contributed by atoms with van der Waals surface area (Å²) in [7, 11) is 0. The molecular weight excluding hydrogens is 326 g/mol. The highest BCUT2D eigenvalue weighted by atomic mass is 35.5. The topological polar surface area (TPSA) is 36.4 Å². The van der Waals surface area contributed by atoms with Gasteiger partial charge in [0.1, 0.15) is 0 Å². The number of anilines is 1. The summed E-state index contributed by atoms with van der Waals surface area (Å²) in [5, 5.41) is 8.33. The number of nitrogens with one attached hydrogen (secondary N) is 2. The normalized spacial score (nSPS) is 11.5. The predicted octanol–water partition coefficient (Wildman–Crippen LogP) is 5.02. The highest BCUT2D eigenvalue weighted by Gasteiger charge is 2.03. The van der Waals surface area contributed by atoms with Gasteiger partial charge in [-0.15, -0.1) is 0 Å². The average Bonchev–Trinajstić information content (AvgIpc) is 2.53. The second kappa shape index (κ2) is 8.46. The molecule has 2 rings (SSSR count). The Morgan fingerprint density at radius 1 is 1.13 bits per heavy atom. The van der Waals surface area contributed by atoms with Crippen molar-refractivity contribution in [3.05, 3.63) is 70.3 Å². The third kappa shape index (κ3) is 5.51. The van der Waals surface area contributed by atoms with Gasteiger partial charge < -0.3 is 5.32 Å². The molecule has 2 N–H and O–H groups in total. The van der Waals surface area contributed by atoms with E-state index in [9.17, 15) is 0 Å². The fourth-order valence-electron chi connectivity index (χ4n) is 1.94. The Bertz CT molecular complexity index is 739. The van der Waals surface area contributed by atoms with Crippen LogP contribution < -0.4 is 10.7 Å². The molecule has 0 radical (unpaired) electrons. The summed E-state index contributed by atoms with van der Waals surface area (Å²) >= 11 is 11.3. The van der Waals surface area contributed by atoms with Gasteiger partial charge in [0, 0.05) is 10.7 Å². The molecule has 23 heavy (non-hydrogen) atoms. The van der Waals surface area contributed by atoms with E-state index >= 15 is 0 Å². The van der Waals surface area contributed by atoms with E-state index < -0.39 is 0 Å². The molecule has 0 amide bonds. The first-order valence-electron chi connectivity index (χ1n) is 7.15. The van der Waals surface area contributed by atoms with Crippen LogP contribution in [0.1, 0.15) is 18.1 Å². The molecule has 0 bridgehead atoms. The fourth-order valence-corrected chi connectivity index (χ4v) is 2.27. The first-order chi connectivity index (χ1) is 11.1. The van der Waals surface area contributed by atoms with Gasteiger partial charge in [-0.1, -0.05) is 54.1 Å². The van der Waals surface area contributed by atoms with Gasteiger partial charge in [0.25, 0.3) is 0 Å². The zero-order valence-corrected chi connectivity index (χ0v) is 14.6. The van der Waals surface area contributed by atoms with E-state index in [-0.39, 0.29) is 0 Å². The van der Waals surface area contributed by atoms with Crippen molar-refractivity contribution < 1.29 is 0 Å². The Morgan fingerprint density at radius 2 is 1.87 bits per heavy atom. The lowest BCUT2D eigenvalue weighted by Crippen LogP contribution is -2.24. The van der Waals surface area contributed by atoms with Crippen LogP contribution in [0.15, 0.2) is 59.2 Å². The van der Waals surface area contributed by atoms with Crippen LogP contribution in [0.3, 0.4) is 0 Å². The SMILES string of the molecule is CC(/C=N/NC(=S)Nc1cccc(Cl)c1C)=C\c1ccccc1. The Morgan fingerprint density at radius 3 is 2.61 bits per heavy atom. The fraction of sp³-hybridized carbons (Fsp3) is 0.111. The van der Waals surface area contributed by atoms with E-state index in [4.69, 9.17) is 23.8 Å². The van der Waals surface area contributed by atoms with Crippen LogP contribution in [0.4, 0.5) is 5.69 Å². The van der Waals surface area contributed by atoms with E-state index in [1.165, 1.54) is 0 Å². The van der Waals surface area contributed by atoms with Crippen LogP contribution in [0.5, 0.6) is 0 Å². The first kappa shape index (κ1) is 17.2. The molecule has 0 atom stereocenters. The standard InChI is InChI=1S/C18H18ClN3S/c1-13(11-15-7-4-3-5-8-15)12-20-22-18(23)21-17-10-6-9-16(19)14(17)2/h3-12H,1-2H3,(H2,21,22,23)/b13-11+,20-12+. The molecule has 0 fully saturated rings. The Balaban J connectivity index is 1.91. The molecule has 0 aliphatic rings. The molecule has 0 saturated heterocycles. The molecule has 0 spiro atoms. The number of allylic oxidation sites excluding steroid dienone is 1. The van der Waals surface area contributed by atoms with Crippen LogP contribution in [0, 0.1) is 6.92 Å². The summed E-state index contributed by atoms with van der Waals surface area (Å²) in [4.78, 5) is 0. The smallest absolute Gasteiger partial charge is 0.191 e. The van der Waals surface area contributed by atoms with Gasteiger partial charge in [-0.3, -0.25) is 5.43 Å². The van der Waals surface area contributed by atoms with E-state index in [0.717, 1.165) is 22.4 Å². The largest absolute Gasteiger partial charge is 0.331 e. The number of thiocarbonyl (C=S) groups is 1. The number of nitrogens with zero attached hydrogens (tertiary/aromatic N) is 1.